The van der Waals surface area contributed by atoms with Crippen LogP contribution in [0, 0.1) is 11.8 Å². The predicted molar refractivity (Wildman–Crippen MR) is 131 cm³/mol. The summed E-state index contributed by atoms with van der Waals surface area (Å²) < 4.78 is 0. The number of carbonyl (C=O) groups is 1. The Labute approximate surface area is 192 Å². The van der Waals surface area contributed by atoms with Gasteiger partial charge in [0, 0.05) is 38.4 Å². The van der Waals surface area contributed by atoms with Gasteiger partial charge in [-0.3, -0.25) is 9.79 Å². The highest BCUT2D eigenvalue weighted by Gasteiger charge is 2.23. The third-order valence-corrected chi connectivity index (χ3v) is 6.08. The standard InChI is InChI=1S/C22H35N5O.HI/c1-16(2)18-6-8-19(9-7-18)26-22(23-3)25-14-17-4-10-20(11-5-17)27-13-12-24-21(28)15-27;/h4-5,10-11,16,18-19H,6-9,12-15H2,1-3H3,(H,24,28)(H2,23,25,26);1H. The molecular formula is C22H36IN5O. The van der Waals surface area contributed by atoms with Gasteiger partial charge in [0.15, 0.2) is 5.96 Å². The van der Waals surface area contributed by atoms with E-state index in [1.807, 2.05) is 7.05 Å². The van der Waals surface area contributed by atoms with Crippen molar-refractivity contribution in [3.63, 3.8) is 0 Å². The lowest BCUT2D eigenvalue weighted by Gasteiger charge is -2.32. The fraction of sp³-hybridized carbons (Fsp3) is 0.636. The fourth-order valence-electron chi connectivity index (χ4n) is 4.19. The number of amides is 1. The number of hydrogen-bond acceptors (Lipinski definition) is 3. The minimum absolute atomic E-state index is 0. The number of nitrogens with one attached hydrogen (secondary N) is 3. The summed E-state index contributed by atoms with van der Waals surface area (Å²) in [6, 6.07) is 8.96. The lowest BCUT2D eigenvalue weighted by Crippen LogP contribution is -2.47. The van der Waals surface area contributed by atoms with Crippen LogP contribution in [0.2, 0.25) is 0 Å². The summed E-state index contributed by atoms with van der Waals surface area (Å²) in [6.07, 6.45) is 5.06. The van der Waals surface area contributed by atoms with Crippen molar-refractivity contribution in [3.8, 4) is 0 Å². The monoisotopic (exact) mass is 513 g/mol. The van der Waals surface area contributed by atoms with E-state index in [9.17, 15) is 4.79 Å². The molecule has 1 aromatic rings. The van der Waals surface area contributed by atoms with Crippen molar-refractivity contribution in [1.29, 1.82) is 0 Å². The second-order valence-electron chi connectivity index (χ2n) is 8.36. The number of aliphatic imine (C=N–C) groups is 1. The van der Waals surface area contributed by atoms with Crippen molar-refractivity contribution in [3.05, 3.63) is 29.8 Å². The van der Waals surface area contributed by atoms with Gasteiger partial charge in [0.05, 0.1) is 6.54 Å². The molecule has 0 atom stereocenters. The molecule has 2 aliphatic rings. The van der Waals surface area contributed by atoms with Gasteiger partial charge in [0.25, 0.3) is 0 Å². The fourth-order valence-corrected chi connectivity index (χ4v) is 4.19. The molecule has 0 unspecified atom stereocenters. The zero-order chi connectivity index (χ0) is 19.9. The van der Waals surface area contributed by atoms with Crippen LogP contribution in [0.1, 0.15) is 45.1 Å². The zero-order valence-electron chi connectivity index (χ0n) is 17.9. The molecule has 7 heteroatoms. The number of nitrogens with zero attached hydrogens (tertiary/aromatic N) is 2. The molecule has 1 heterocycles. The number of carbonyl (C=O) groups excluding carboxylic acids is 1. The first-order valence-electron chi connectivity index (χ1n) is 10.6. The number of hydrogen-bond donors (Lipinski definition) is 3. The van der Waals surface area contributed by atoms with E-state index in [4.69, 9.17) is 0 Å². The molecule has 1 aromatic carbocycles. The average molecular weight is 513 g/mol. The Morgan fingerprint density at radius 1 is 1.21 bits per heavy atom. The molecule has 0 aromatic heterocycles. The van der Waals surface area contributed by atoms with Gasteiger partial charge in [-0.1, -0.05) is 26.0 Å². The number of guanidine groups is 1. The second kappa shape index (κ2) is 11.6. The van der Waals surface area contributed by atoms with E-state index in [2.05, 4.69) is 64.0 Å². The van der Waals surface area contributed by atoms with Gasteiger partial charge < -0.3 is 20.9 Å². The Balaban J connectivity index is 0.00000300. The molecule has 2 fully saturated rings. The molecule has 3 rings (SSSR count). The maximum Gasteiger partial charge on any atom is 0.239 e. The van der Waals surface area contributed by atoms with E-state index in [1.54, 1.807) is 0 Å². The van der Waals surface area contributed by atoms with Gasteiger partial charge >= 0.3 is 0 Å². The summed E-state index contributed by atoms with van der Waals surface area (Å²) in [5.41, 5.74) is 2.31. The molecule has 0 spiro atoms. The van der Waals surface area contributed by atoms with Crippen LogP contribution in [0.4, 0.5) is 5.69 Å². The van der Waals surface area contributed by atoms with E-state index in [0.29, 0.717) is 19.1 Å². The second-order valence-corrected chi connectivity index (χ2v) is 8.36. The molecule has 0 radical (unpaired) electrons. The van der Waals surface area contributed by atoms with Gasteiger partial charge in [-0.25, -0.2) is 0 Å². The molecule has 162 valence electrons. The van der Waals surface area contributed by atoms with E-state index in [0.717, 1.165) is 36.6 Å². The van der Waals surface area contributed by atoms with Crippen molar-refractivity contribution in [2.45, 2.75) is 52.1 Å². The first kappa shape index (κ1) is 23.8. The summed E-state index contributed by atoms with van der Waals surface area (Å²) in [7, 11) is 1.83. The summed E-state index contributed by atoms with van der Waals surface area (Å²) in [6.45, 7) is 7.42. The highest BCUT2D eigenvalue weighted by molar-refractivity contribution is 14.0. The summed E-state index contributed by atoms with van der Waals surface area (Å²) in [5, 5.41) is 9.89. The number of benzene rings is 1. The highest BCUT2D eigenvalue weighted by Crippen LogP contribution is 2.29. The van der Waals surface area contributed by atoms with Gasteiger partial charge in [-0.05, 0) is 55.2 Å². The molecule has 1 saturated heterocycles. The molecule has 6 nitrogen and oxygen atoms in total. The quantitative estimate of drug-likeness (QED) is 0.322. The first-order chi connectivity index (χ1) is 13.5. The average Bonchev–Trinajstić information content (AvgIpc) is 2.72. The van der Waals surface area contributed by atoms with Crippen molar-refractivity contribution >= 4 is 41.5 Å². The Morgan fingerprint density at radius 2 is 1.90 bits per heavy atom. The minimum atomic E-state index is 0. The summed E-state index contributed by atoms with van der Waals surface area (Å²) in [5.74, 6) is 2.64. The van der Waals surface area contributed by atoms with E-state index < -0.39 is 0 Å². The van der Waals surface area contributed by atoms with E-state index in [1.165, 1.54) is 31.2 Å². The Morgan fingerprint density at radius 3 is 2.48 bits per heavy atom. The molecule has 1 amide bonds. The van der Waals surface area contributed by atoms with Crippen LogP contribution in [-0.2, 0) is 11.3 Å². The Kier molecular flexibility index (Phi) is 9.52. The van der Waals surface area contributed by atoms with Crippen LogP contribution in [0.3, 0.4) is 0 Å². The van der Waals surface area contributed by atoms with E-state index in [-0.39, 0.29) is 29.9 Å². The summed E-state index contributed by atoms with van der Waals surface area (Å²) in [4.78, 5) is 18.1. The Hall–Kier alpha value is -1.51. The SMILES string of the molecule is CN=C(NCc1ccc(N2CCNC(=O)C2)cc1)NC1CCC(C(C)C)CC1.I. The van der Waals surface area contributed by atoms with Crippen molar-refractivity contribution in [2.75, 3.05) is 31.6 Å². The van der Waals surface area contributed by atoms with E-state index >= 15 is 0 Å². The molecule has 29 heavy (non-hydrogen) atoms. The minimum Gasteiger partial charge on any atom is -0.360 e. The zero-order valence-corrected chi connectivity index (χ0v) is 20.2. The largest absolute Gasteiger partial charge is 0.360 e. The van der Waals surface area contributed by atoms with Crippen molar-refractivity contribution in [2.24, 2.45) is 16.8 Å². The van der Waals surface area contributed by atoms with Gasteiger partial charge in [-0.15, -0.1) is 24.0 Å². The molecule has 3 N–H and O–H groups in total. The van der Waals surface area contributed by atoms with Crippen LogP contribution in [-0.4, -0.2) is 44.6 Å². The van der Waals surface area contributed by atoms with Crippen LogP contribution in [0.25, 0.3) is 0 Å². The molecule has 1 saturated carbocycles. The Bertz CT molecular complexity index is 668. The maximum absolute atomic E-state index is 11.6. The third kappa shape index (κ3) is 7.04. The molecular weight excluding hydrogens is 477 g/mol. The first-order valence-corrected chi connectivity index (χ1v) is 10.6. The van der Waals surface area contributed by atoms with Crippen LogP contribution in [0.5, 0.6) is 0 Å². The normalized spacial score (nSPS) is 22.7. The van der Waals surface area contributed by atoms with Crippen LogP contribution < -0.4 is 20.9 Å². The lowest BCUT2D eigenvalue weighted by molar-refractivity contribution is -0.120. The molecule has 1 aliphatic heterocycles. The van der Waals surface area contributed by atoms with Crippen LogP contribution in [0.15, 0.2) is 29.3 Å². The number of anilines is 1. The predicted octanol–water partition coefficient (Wildman–Crippen LogP) is 3.12. The molecule has 0 bridgehead atoms. The number of piperazine rings is 1. The summed E-state index contributed by atoms with van der Waals surface area (Å²) >= 11 is 0. The topological polar surface area (TPSA) is 68.8 Å². The number of halogens is 1. The van der Waals surface area contributed by atoms with Gasteiger partial charge in [-0.2, -0.15) is 0 Å². The van der Waals surface area contributed by atoms with Gasteiger partial charge in [0.2, 0.25) is 5.91 Å². The van der Waals surface area contributed by atoms with Gasteiger partial charge in [0.1, 0.15) is 0 Å². The highest BCUT2D eigenvalue weighted by atomic mass is 127. The molecule has 1 aliphatic carbocycles. The lowest BCUT2D eigenvalue weighted by atomic mass is 9.80. The smallest absolute Gasteiger partial charge is 0.239 e. The van der Waals surface area contributed by atoms with Crippen molar-refractivity contribution in [1.82, 2.24) is 16.0 Å². The van der Waals surface area contributed by atoms with Crippen LogP contribution >= 0.6 is 24.0 Å². The number of rotatable bonds is 5. The van der Waals surface area contributed by atoms with Crippen molar-refractivity contribution < 1.29 is 4.79 Å². The maximum atomic E-state index is 11.6. The third-order valence-electron chi connectivity index (χ3n) is 6.08.